The fourth-order valence-electron chi connectivity index (χ4n) is 3.65. The zero-order chi connectivity index (χ0) is 24.0. The van der Waals surface area contributed by atoms with Crippen molar-refractivity contribution < 1.29 is 17.9 Å². The first kappa shape index (κ1) is 24.3. The first-order valence-corrected chi connectivity index (χ1v) is 12.3. The Labute approximate surface area is 196 Å². The standard InChI is InChI=1S/C26H30N2O4S/c1-5-24(21-14-16-22(32-4)17-15-21)27-26(29)18-28(25-13-9-10-19(2)20(25)3)33(30,31)23-11-7-6-8-12-23/h6-17,24H,5,18H2,1-4H3,(H,27,29)/t24-/m1/s1. The van der Waals surface area contributed by atoms with Crippen LogP contribution in [0.25, 0.3) is 0 Å². The molecule has 1 N–H and O–H groups in total. The molecule has 0 unspecified atom stereocenters. The molecule has 0 saturated carbocycles. The monoisotopic (exact) mass is 466 g/mol. The number of benzene rings is 3. The smallest absolute Gasteiger partial charge is 0.264 e. The molecular formula is C26H30N2O4S. The van der Waals surface area contributed by atoms with Crippen LogP contribution in [0.3, 0.4) is 0 Å². The number of ether oxygens (including phenoxy) is 1. The predicted molar refractivity (Wildman–Crippen MR) is 131 cm³/mol. The summed E-state index contributed by atoms with van der Waals surface area (Å²) >= 11 is 0. The Morgan fingerprint density at radius 3 is 2.24 bits per heavy atom. The minimum absolute atomic E-state index is 0.140. The van der Waals surface area contributed by atoms with Gasteiger partial charge in [-0.1, -0.05) is 49.4 Å². The summed E-state index contributed by atoms with van der Waals surface area (Å²) in [5, 5.41) is 2.99. The molecule has 3 aromatic carbocycles. The van der Waals surface area contributed by atoms with Crippen molar-refractivity contribution in [2.75, 3.05) is 18.0 Å². The van der Waals surface area contributed by atoms with E-state index in [2.05, 4.69) is 5.32 Å². The van der Waals surface area contributed by atoms with Crippen LogP contribution in [-0.4, -0.2) is 28.0 Å². The van der Waals surface area contributed by atoms with Crippen LogP contribution in [0.15, 0.2) is 77.7 Å². The van der Waals surface area contributed by atoms with Gasteiger partial charge < -0.3 is 10.1 Å². The summed E-state index contributed by atoms with van der Waals surface area (Å²) in [4.78, 5) is 13.3. The third-order valence-corrected chi connectivity index (χ3v) is 7.50. The van der Waals surface area contributed by atoms with Crippen molar-refractivity contribution in [3.05, 3.63) is 89.5 Å². The van der Waals surface area contributed by atoms with Gasteiger partial charge in [-0.2, -0.15) is 0 Å². The van der Waals surface area contributed by atoms with E-state index in [0.717, 1.165) is 22.4 Å². The molecule has 0 saturated heterocycles. The number of rotatable bonds is 9. The van der Waals surface area contributed by atoms with Gasteiger partial charge in [0, 0.05) is 0 Å². The van der Waals surface area contributed by atoms with E-state index in [4.69, 9.17) is 4.74 Å². The van der Waals surface area contributed by atoms with E-state index >= 15 is 0 Å². The fourth-order valence-corrected chi connectivity index (χ4v) is 5.15. The quantitative estimate of drug-likeness (QED) is 0.493. The van der Waals surface area contributed by atoms with Crippen LogP contribution in [0.5, 0.6) is 5.75 Å². The number of nitrogens with one attached hydrogen (secondary N) is 1. The molecule has 0 radical (unpaired) electrons. The van der Waals surface area contributed by atoms with E-state index in [1.165, 1.54) is 16.4 Å². The largest absolute Gasteiger partial charge is 0.497 e. The lowest BCUT2D eigenvalue weighted by Gasteiger charge is -2.27. The van der Waals surface area contributed by atoms with E-state index < -0.39 is 10.0 Å². The van der Waals surface area contributed by atoms with Crippen molar-refractivity contribution in [3.8, 4) is 5.75 Å². The number of carbonyl (C=O) groups excluding carboxylic acids is 1. The molecule has 0 bridgehead atoms. The number of anilines is 1. The third-order valence-electron chi connectivity index (χ3n) is 5.72. The third kappa shape index (κ3) is 5.54. The first-order valence-electron chi connectivity index (χ1n) is 10.8. The summed E-state index contributed by atoms with van der Waals surface area (Å²) in [6.45, 7) is 5.43. The minimum atomic E-state index is -3.95. The van der Waals surface area contributed by atoms with Gasteiger partial charge in [0.15, 0.2) is 0 Å². The van der Waals surface area contributed by atoms with Gasteiger partial charge in [-0.25, -0.2) is 8.42 Å². The van der Waals surface area contributed by atoms with Crippen LogP contribution in [0.1, 0.15) is 36.1 Å². The number of aryl methyl sites for hydroxylation is 1. The molecule has 1 amide bonds. The summed E-state index contributed by atoms with van der Waals surface area (Å²) in [7, 11) is -2.35. The molecule has 0 aliphatic rings. The van der Waals surface area contributed by atoms with E-state index in [9.17, 15) is 13.2 Å². The number of hydrogen-bond acceptors (Lipinski definition) is 4. The molecule has 0 aliphatic carbocycles. The Morgan fingerprint density at radius 2 is 1.64 bits per heavy atom. The maximum atomic E-state index is 13.6. The molecule has 7 heteroatoms. The topological polar surface area (TPSA) is 75.7 Å². The van der Waals surface area contributed by atoms with Gasteiger partial charge in [0.2, 0.25) is 5.91 Å². The molecule has 3 aromatic rings. The van der Waals surface area contributed by atoms with Gasteiger partial charge in [0.25, 0.3) is 10.0 Å². The van der Waals surface area contributed by atoms with E-state index in [1.54, 1.807) is 37.4 Å². The Morgan fingerprint density at radius 1 is 0.970 bits per heavy atom. The summed E-state index contributed by atoms with van der Waals surface area (Å²) in [6, 6.07) is 20.9. The summed E-state index contributed by atoms with van der Waals surface area (Å²) in [6.07, 6.45) is 0.660. The summed E-state index contributed by atoms with van der Waals surface area (Å²) in [5.41, 5.74) is 3.18. The first-order chi connectivity index (χ1) is 15.8. The molecule has 0 spiro atoms. The number of nitrogens with zero attached hydrogens (tertiary/aromatic N) is 1. The molecule has 0 heterocycles. The molecule has 0 aliphatic heterocycles. The number of hydrogen-bond donors (Lipinski definition) is 1. The van der Waals surface area contributed by atoms with Crippen molar-refractivity contribution in [3.63, 3.8) is 0 Å². The van der Waals surface area contributed by atoms with Crippen molar-refractivity contribution in [1.82, 2.24) is 5.32 Å². The number of amides is 1. The van der Waals surface area contributed by atoms with Crippen molar-refractivity contribution in [1.29, 1.82) is 0 Å². The second-order valence-corrected chi connectivity index (χ2v) is 9.71. The highest BCUT2D eigenvalue weighted by Gasteiger charge is 2.29. The molecule has 6 nitrogen and oxygen atoms in total. The van der Waals surface area contributed by atoms with Crippen molar-refractivity contribution >= 4 is 21.6 Å². The normalized spacial score (nSPS) is 12.1. The van der Waals surface area contributed by atoms with Crippen LogP contribution >= 0.6 is 0 Å². The van der Waals surface area contributed by atoms with Crippen LogP contribution < -0.4 is 14.4 Å². The summed E-state index contributed by atoms with van der Waals surface area (Å²) < 4.78 is 33.5. The van der Waals surface area contributed by atoms with Crippen LogP contribution in [0.2, 0.25) is 0 Å². The van der Waals surface area contributed by atoms with Gasteiger partial charge in [0.05, 0.1) is 23.7 Å². The van der Waals surface area contributed by atoms with Gasteiger partial charge in [0.1, 0.15) is 12.3 Å². The number of carbonyl (C=O) groups is 1. The van der Waals surface area contributed by atoms with Crippen LogP contribution in [0, 0.1) is 13.8 Å². The Kier molecular flexibility index (Phi) is 7.76. The molecule has 33 heavy (non-hydrogen) atoms. The summed E-state index contributed by atoms with van der Waals surface area (Å²) in [5.74, 6) is 0.355. The lowest BCUT2D eigenvalue weighted by atomic mass is 10.0. The zero-order valence-corrected chi connectivity index (χ0v) is 20.2. The van der Waals surface area contributed by atoms with Gasteiger partial charge >= 0.3 is 0 Å². The Bertz CT molecular complexity index is 1190. The van der Waals surface area contributed by atoms with Gasteiger partial charge in [-0.3, -0.25) is 9.10 Å². The second kappa shape index (κ2) is 10.5. The Hall–Kier alpha value is -3.32. The van der Waals surface area contributed by atoms with Crippen molar-refractivity contribution in [2.45, 2.75) is 38.1 Å². The lowest BCUT2D eigenvalue weighted by Crippen LogP contribution is -2.42. The molecule has 0 fully saturated rings. The Balaban J connectivity index is 1.92. The van der Waals surface area contributed by atoms with Gasteiger partial charge in [-0.15, -0.1) is 0 Å². The highest BCUT2D eigenvalue weighted by atomic mass is 32.2. The highest BCUT2D eigenvalue weighted by molar-refractivity contribution is 7.92. The molecule has 1 atom stereocenters. The molecule has 3 rings (SSSR count). The van der Waals surface area contributed by atoms with Gasteiger partial charge in [-0.05, 0) is 67.3 Å². The van der Waals surface area contributed by atoms with Crippen molar-refractivity contribution in [2.24, 2.45) is 0 Å². The van der Waals surface area contributed by atoms with E-state index in [1.807, 2.05) is 51.1 Å². The number of methoxy groups -OCH3 is 1. The zero-order valence-electron chi connectivity index (χ0n) is 19.4. The van der Waals surface area contributed by atoms with Crippen LogP contribution in [-0.2, 0) is 14.8 Å². The SMILES string of the molecule is CC[C@@H](NC(=O)CN(c1cccc(C)c1C)S(=O)(=O)c1ccccc1)c1ccc(OC)cc1. The fraction of sp³-hybridized carbons (Fsp3) is 0.269. The molecule has 174 valence electrons. The average Bonchev–Trinajstić information content (AvgIpc) is 2.83. The lowest BCUT2D eigenvalue weighted by molar-refractivity contribution is -0.120. The second-order valence-electron chi connectivity index (χ2n) is 7.85. The predicted octanol–water partition coefficient (Wildman–Crippen LogP) is 4.77. The van der Waals surface area contributed by atoms with E-state index in [-0.39, 0.29) is 23.4 Å². The van der Waals surface area contributed by atoms with Crippen LogP contribution in [0.4, 0.5) is 5.69 Å². The molecule has 0 aromatic heterocycles. The maximum Gasteiger partial charge on any atom is 0.264 e. The number of sulfonamides is 1. The highest BCUT2D eigenvalue weighted by Crippen LogP contribution is 2.29. The average molecular weight is 467 g/mol. The van der Waals surface area contributed by atoms with E-state index in [0.29, 0.717) is 12.1 Å². The minimum Gasteiger partial charge on any atom is -0.497 e. The maximum absolute atomic E-state index is 13.6. The molecular weight excluding hydrogens is 436 g/mol.